The number of rotatable bonds is 5. The molecule has 0 radical (unpaired) electrons. The van der Waals surface area contributed by atoms with Gasteiger partial charge in [-0.1, -0.05) is 17.7 Å². The maximum atomic E-state index is 12.8. The first-order valence-electron chi connectivity index (χ1n) is 8.63. The van der Waals surface area contributed by atoms with Gasteiger partial charge in [-0.25, -0.2) is 0 Å². The fraction of sp³-hybridized carbons (Fsp3) is 0.190. The van der Waals surface area contributed by atoms with Crippen LogP contribution in [-0.4, -0.2) is 42.4 Å². The molecule has 2 aromatic carbocycles. The van der Waals surface area contributed by atoms with E-state index in [4.69, 9.17) is 16.3 Å². The highest BCUT2D eigenvalue weighted by Gasteiger charge is 2.18. The number of ether oxygens (including phenoxy) is 1. The van der Waals surface area contributed by atoms with Crippen molar-refractivity contribution in [3.05, 3.63) is 64.8 Å². The van der Waals surface area contributed by atoms with Gasteiger partial charge in [0.05, 0.1) is 30.4 Å². The van der Waals surface area contributed by atoms with Gasteiger partial charge in [0, 0.05) is 29.2 Å². The van der Waals surface area contributed by atoms with E-state index >= 15 is 0 Å². The highest BCUT2D eigenvalue weighted by molar-refractivity contribution is 6.31. The normalized spacial score (nSPS) is 10.6. The number of amides is 2. The number of aromatic nitrogens is 1. The molecule has 3 aromatic rings. The van der Waals surface area contributed by atoms with E-state index in [0.717, 1.165) is 10.9 Å². The number of nitrogens with one attached hydrogen (secondary N) is 1. The summed E-state index contributed by atoms with van der Waals surface area (Å²) in [6.45, 7) is 1.68. The summed E-state index contributed by atoms with van der Waals surface area (Å²) < 4.78 is 5.14. The Kier molecular flexibility index (Phi) is 5.80. The predicted molar refractivity (Wildman–Crippen MR) is 110 cm³/mol. The van der Waals surface area contributed by atoms with Crippen molar-refractivity contribution in [2.75, 3.05) is 26.0 Å². The Balaban J connectivity index is 1.74. The topological polar surface area (TPSA) is 71.5 Å². The molecule has 0 atom stereocenters. The molecule has 7 heteroatoms. The van der Waals surface area contributed by atoms with E-state index in [-0.39, 0.29) is 18.4 Å². The number of likely N-dealkylation sites (N-methyl/N-ethyl adjacent to an activating group) is 1. The molecule has 144 valence electrons. The van der Waals surface area contributed by atoms with Crippen LogP contribution in [-0.2, 0) is 4.79 Å². The summed E-state index contributed by atoms with van der Waals surface area (Å²) in [5.74, 6) is 0.0463. The molecular weight excluding hydrogens is 378 g/mol. The second-order valence-electron chi connectivity index (χ2n) is 6.40. The zero-order valence-corrected chi connectivity index (χ0v) is 16.6. The molecule has 0 spiro atoms. The largest absolute Gasteiger partial charge is 0.497 e. The number of nitrogens with zero attached hydrogens (tertiary/aromatic N) is 2. The molecule has 0 bridgehead atoms. The van der Waals surface area contributed by atoms with Crippen LogP contribution in [0.3, 0.4) is 0 Å². The molecule has 1 heterocycles. The molecule has 0 aliphatic carbocycles. The van der Waals surface area contributed by atoms with Gasteiger partial charge in [-0.15, -0.1) is 0 Å². The number of hydrogen-bond donors (Lipinski definition) is 1. The second-order valence-corrected chi connectivity index (χ2v) is 6.84. The van der Waals surface area contributed by atoms with Crippen LogP contribution in [0.4, 0.5) is 5.69 Å². The minimum Gasteiger partial charge on any atom is -0.497 e. The average Bonchev–Trinajstić information content (AvgIpc) is 2.67. The number of carbonyl (C=O) groups is 2. The Bertz CT molecular complexity index is 1050. The molecule has 0 saturated carbocycles. The lowest BCUT2D eigenvalue weighted by molar-refractivity contribution is -0.116. The number of carbonyl (C=O) groups excluding carboxylic acids is 2. The Morgan fingerprint density at radius 3 is 2.71 bits per heavy atom. The summed E-state index contributed by atoms with van der Waals surface area (Å²) in [7, 11) is 3.13. The summed E-state index contributed by atoms with van der Waals surface area (Å²) in [5, 5.41) is 4.11. The third-order valence-electron chi connectivity index (χ3n) is 4.28. The van der Waals surface area contributed by atoms with Crippen LogP contribution in [0.2, 0.25) is 5.02 Å². The monoisotopic (exact) mass is 397 g/mol. The van der Waals surface area contributed by atoms with Crippen molar-refractivity contribution in [1.82, 2.24) is 9.88 Å². The Morgan fingerprint density at radius 1 is 1.18 bits per heavy atom. The standard InChI is InChI=1S/C21H20ClN3O3/c1-13-18(10-14-9-15(22)7-8-19(14)23-13)21(27)25(2)12-20(26)24-16-5-4-6-17(11-16)28-3/h4-11H,12H2,1-3H3,(H,24,26). The number of aryl methyl sites for hydroxylation is 1. The number of methoxy groups -OCH3 is 1. The van der Waals surface area contributed by atoms with E-state index in [1.807, 2.05) is 6.07 Å². The van der Waals surface area contributed by atoms with E-state index < -0.39 is 0 Å². The Labute approximate surface area is 168 Å². The minimum atomic E-state index is -0.307. The van der Waals surface area contributed by atoms with Gasteiger partial charge in [0.2, 0.25) is 5.91 Å². The molecule has 0 saturated heterocycles. The number of anilines is 1. The molecule has 1 N–H and O–H groups in total. The van der Waals surface area contributed by atoms with E-state index in [1.54, 1.807) is 63.5 Å². The van der Waals surface area contributed by atoms with Crippen molar-refractivity contribution in [3.8, 4) is 5.75 Å². The van der Waals surface area contributed by atoms with Gasteiger partial charge in [0.15, 0.2) is 0 Å². The van der Waals surface area contributed by atoms with Crippen molar-refractivity contribution in [2.24, 2.45) is 0 Å². The van der Waals surface area contributed by atoms with Crippen LogP contribution < -0.4 is 10.1 Å². The third kappa shape index (κ3) is 4.40. The molecular formula is C21H20ClN3O3. The van der Waals surface area contributed by atoms with Gasteiger partial charge < -0.3 is 15.0 Å². The van der Waals surface area contributed by atoms with E-state index in [2.05, 4.69) is 10.3 Å². The fourth-order valence-corrected chi connectivity index (χ4v) is 3.03. The van der Waals surface area contributed by atoms with E-state index in [0.29, 0.717) is 27.7 Å². The first kappa shape index (κ1) is 19.6. The molecule has 3 rings (SSSR count). The molecule has 0 fully saturated rings. The summed E-state index contributed by atoms with van der Waals surface area (Å²) in [5.41, 5.74) is 2.39. The summed E-state index contributed by atoms with van der Waals surface area (Å²) >= 11 is 6.04. The zero-order valence-electron chi connectivity index (χ0n) is 15.8. The van der Waals surface area contributed by atoms with Crippen molar-refractivity contribution in [3.63, 3.8) is 0 Å². The predicted octanol–water partition coefficient (Wildman–Crippen LogP) is 3.92. The Hall–Kier alpha value is -3.12. The van der Waals surface area contributed by atoms with Crippen LogP contribution in [0, 0.1) is 6.92 Å². The molecule has 1 aromatic heterocycles. The molecule has 28 heavy (non-hydrogen) atoms. The van der Waals surface area contributed by atoms with Crippen molar-refractivity contribution < 1.29 is 14.3 Å². The molecule has 0 unspecified atom stereocenters. The molecule has 0 aliphatic rings. The minimum absolute atomic E-state index is 0.0942. The highest BCUT2D eigenvalue weighted by Crippen LogP contribution is 2.21. The van der Waals surface area contributed by atoms with Gasteiger partial charge in [-0.3, -0.25) is 14.6 Å². The van der Waals surface area contributed by atoms with Crippen molar-refractivity contribution in [1.29, 1.82) is 0 Å². The average molecular weight is 398 g/mol. The molecule has 2 amide bonds. The third-order valence-corrected chi connectivity index (χ3v) is 4.51. The lowest BCUT2D eigenvalue weighted by atomic mass is 10.1. The Morgan fingerprint density at radius 2 is 1.96 bits per heavy atom. The maximum Gasteiger partial charge on any atom is 0.255 e. The smallest absolute Gasteiger partial charge is 0.255 e. The van der Waals surface area contributed by atoms with Gasteiger partial charge in [-0.05, 0) is 43.3 Å². The van der Waals surface area contributed by atoms with E-state index in [9.17, 15) is 9.59 Å². The van der Waals surface area contributed by atoms with Gasteiger partial charge in [-0.2, -0.15) is 0 Å². The van der Waals surface area contributed by atoms with Crippen LogP contribution in [0.25, 0.3) is 10.9 Å². The highest BCUT2D eigenvalue weighted by atomic mass is 35.5. The number of pyridine rings is 1. The number of hydrogen-bond acceptors (Lipinski definition) is 4. The van der Waals surface area contributed by atoms with Crippen LogP contribution in [0.15, 0.2) is 48.5 Å². The molecule has 0 aliphatic heterocycles. The van der Waals surface area contributed by atoms with Crippen LogP contribution in [0.5, 0.6) is 5.75 Å². The first-order chi connectivity index (χ1) is 13.4. The van der Waals surface area contributed by atoms with Gasteiger partial charge in [0.25, 0.3) is 5.91 Å². The summed E-state index contributed by atoms with van der Waals surface area (Å²) in [4.78, 5) is 31.0. The first-order valence-corrected chi connectivity index (χ1v) is 9.01. The number of fused-ring (bicyclic) bond motifs is 1. The quantitative estimate of drug-likeness (QED) is 0.708. The summed E-state index contributed by atoms with van der Waals surface area (Å²) in [6, 6.07) is 14.1. The fourth-order valence-electron chi connectivity index (χ4n) is 2.85. The molecule has 6 nitrogen and oxygen atoms in total. The van der Waals surface area contributed by atoms with Crippen molar-refractivity contribution >= 4 is 40.0 Å². The zero-order chi connectivity index (χ0) is 20.3. The van der Waals surface area contributed by atoms with Crippen LogP contribution >= 0.6 is 11.6 Å². The van der Waals surface area contributed by atoms with Gasteiger partial charge in [0.1, 0.15) is 5.75 Å². The van der Waals surface area contributed by atoms with Crippen LogP contribution in [0.1, 0.15) is 16.1 Å². The number of benzene rings is 2. The van der Waals surface area contributed by atoms with Gasteiger partial charge >= 0.3 is 0 Å². The second kappa shape index (κ2) is 8.27. The van der Waals surface area contributed by atoms with E-state index in [1.165, 1.54) is 4.90 Å². The maximum absolute atomic E-state index is 12.8. The summed E-state index contributed by atoms with van der Waals surface area (Å²) in [6.07, 6.45) is 0. The SMILES string of the molecule is COc1cccc(NC(=O)CN(C)C(=O)c2cc3cc(Cl)ccc3nc2C)c1. The lowest BCUT2D eigenvalue weighted by Gasteiger charge is -2.18. The lowest BCUT2D eigenvalue weighted by Crippen LogP contribution is -2.35. The van der Waals surface area contributed by atoms with Crippen molar-refractivity contribution in [2.45, 2.75) is 6.92 Å². The number of halogens is 1.